The summed E-state index contributed by atoms with van der Waals surface area (Å²) in [5, 5.41) is 0.570. The van der Waals surface area contributed by atoms with Gasteiger partial charge in [-0.15, -0.1) is 0 Å². The third-order valence-corrected chi connectivity index (χ3v) is 6.94. The van der Waals surface area contributed by atoms with Gasteiger partial charge in [0, 0.05) is 5.02 Å². The Kier molecular flexibility index (Phi) is 4.41. The lowest BCUT2D eigenvalue weighted by atomic mass is 9.81. The zero-order valence-corrected chi connectivity index (χ0v) is 16.8. The minimum absolute atomic E-state index is 0.150. The number of imide groups is 1. The van der Waals surface area contributed by atoms with Crippen molar-refractivity contribution in [2.24, 2.45) is 23.7 Å². The van der Waals surface area contributed by atoms with E-state index in [0.717, 1.165) is 19.3 Å². The van der Waals surface area contributed by atoms with Crippen LogP contribution in [0.5, 0.6) is 5.75 Å². The lowest BCUT2D eigenvalue weighted by Crippen LogP contribution is -2.33. The van der Waals surface area contributed by atoms with E-state index in [1.807, 2.05) is 0 Å². The Labute approximate surface area is 177 Å². The molecule has 2 aromatic carbocycles. The number of halogens is 2. The van der Waals surface area contributed by atoms with Crippen molar-refractivity contribution < 1.29 is 19.1 Å². The summed E-state index contributed by atoms with van der Waals surface area (Å²) in [6.45, 7) is 0. The fourth-order valence-electron chi connectivity index (χ4n) is 5.18. The van der Waals surface area contributed by atoms with Crippen LogP contribution in [0.15, 0.2) is 42.5 Å². The number of rotatable bonds is 3. The first-order valence-corrected chi connectivity index (χ1v) is 10.4. The van der Waals surface area contributed by atoms with Gasteiger partial charge in [0.05, 0.1) is 28.1 Å². The molecule has 0 unspecified atom stereocenters. The molecule has 3 aliphatic rings. The Morgan fingerprint density at radius 2 is 1.62 bits per heavy atom. The number of fused-ring (bicyclic) bond motifs is 5. The van der Waals surface area contributed by atoms with Crippen molar-refractivity contribution in [2.75, 3.05) is 4.90 Å². The van der Waals surface area contributed by atoms with E-state index in [4.69, 9.17) is 27.9 Å². The lowest BCUT2D eigenvalue weighted by molar-refractivity contribution is -0.123. The maximum absolute atomic E-state index is 13.1. The topological polar surface area (TPSA) is 63.7 Å². The Bertz CT molecular complexity index is 1020. The molecule has 0 radical (unpaired) electrons. The van der Waals surface area contributed by atoms with Gasteiger partial charge >= 0.3 is 5.97 Å². The molecule has 148 valence electrons. The zero-order valence-electron chi connectivity index (χ0n) is 15.3. The number of carbonyl (C=O) groups excluding carboxylic acids is 3. The standard InChI is InChI=1S/C22H17Cl2NO4/c23-13-7-8-14(15(24)10-13)22(28)29-17-4-2-1-3-16(17)25-20(26)18-11-5-6-12(9-11)19(18)21(25)27/h1-4,7-8,10-12,18-19H,5-6,9H2/t11-,12+,18-,19-/m0/s1. The summed E-state index contributed by atoms with van der Waals surface area (Å²) in [7, 11) is 0. The van der Waals surface area contributed by atoms with Gasteiger partial charge in [-0.25, -0.2) is 9.69 Å². The molecule has 5 rings (SSSR count). The molecular weight excluding hydrogens is 413 g/mol. The number of nitrogens with zero attached hydrogens (tertiary/aromatic N) is 1. The van der Waals surface area contributed by atoms with E-state index in [2.05, 4.69) is 0 Å². The summed E-state index contributed by atoms with van der Waals surface area (Å²) >= 11 is 12.0. The number of ether oxygens (including phenoxy) is 1. The van der Waals surface area contributed by atoms with Crippen LogP contribution in [0.4, 0.5) is 5.69 Å². The first-order chi connectivity index (χ1) is 14.0. The van der Waals surface area contributed by atoms with Crippen molar-refractivity contribution in [3.63, 3.8) is 0 Å². The van der Waals surface area contributed by atoms with Crippen molar-refractivity contribution in [1.82, 2.24) is 0 Å². The summed E-state index contributed by atoms with van der Waals surface area (Å²) in [6.07, 6.45) is 2.97. The smallest absolute Gasteiger partial charge is 0.345 e. The minimum atomic E-state index is -0.682. The highest BCUT2D eigenvalue weighted by molar-refractivity contribution is 6.36. The Morgan fingerprint density at radius 1 is 0.966 bits per heavy atom. The largest absolute Gasteiger partial charge is 0.421 e. The molecule has 5 nitrogen and oxygen atoms in total. The molecule has 0 spiro atoms. The second-order valence-corrected chi connectivity index (χ2v) is 8.72. The summed E-state index contributed by atoms with van der Waals surface area (Å²) in [5.74, 6) is -0.800. The van der Waals surface area contributed by atoms with Crippen LogP contribution in [0.1, 0.15) is 29.6 Å². The number of hydrogen-bond acceptors (Lipinski definition) is 4. The lowest BCUT2D eigenvalue weighted by Gasteiger charge is -2.20. The Hall–Kier alpha value is -2.37. The van der Waals surface area contributed by atoms with Crippen LogP contribution in [0.2, 0.25) is 10.0 Å². The SMILES string of the molecule is O=C(Oc1ccccc1N1C(=O)[C@H]2[C@@H]3CC[C@@H](C3)[C@@H]2C1=O)c1ccc(Cl)cc1Cl. The number of anilines is 1. The molecule has 2 aromatic rings. The maximum Gasteiger partial charge on any atom is 0.345 e. The summed E-state index contributed by atoms with van der Waals surface area (Å²) in [4.78, 5) is 40.1. The van der Waals surface area contributed by atoms with Gasteiger partial charge in [0.25, 0.3) is 0 Å². The molecule has 2 bridgehead atoms. The minimum Gasteiger partial charge on any atom is -0.421 e. The summed E-state index contributed by atoms with van der Waals surface area (Å²) in [6, 6.07) is 11.1. The average molecular weight is 430 g/mol. The molecule has 1 heterocycles. The number of hydrogen-bond donors (Lipinski definition) is 0. The molecule has 2 aliphatic carbocycles. The fraction of sp³-hybridized carbons (Fsp3) is 0.318. The van der Waals surface area contributed by atoms with Gasteiger partial charge in [0.15, 0.2) is 5.75 Å². The molecule has 7 heteroatoms. The molecule has 2 saturated carbocycles. The van der Waals surface area contributed by atoms with Crippen LogP contribution >= 0.6 is 23.2 Å². The molecule has 4 atom stereocenters. The maximum atomic E-state index is 13.1. The van der Waals surface area contributed by atoms with Crippen LogP contribution in [0.3, 0.4) is 0 Å². The number of esters is 1. The van der Waals surface area contributed by atoms with Gasteiger partial charge in [-0.05, 0) is 61.4 Å². The van der Waals surface area contributed by atoms with Crippen LogP contribution in [0.25, 0.3) is 0 Å². The molecule has 1 aliphatic heterocycles. The molecule has 29 heavy (non-hydrogen) atoms. The van der Waals surface area contributed by atoms with E-state index in [9.17, 15) is 14.4 Å². The zero-order chi connectivity index (χ0) is 20.3. The average Bonchev–Trinajstić information content (AvgIpc) is 3.36. The second kappa shape index (κ2) is 6.85. The third-order valence-electron chi connectivity index (χ3n) is 6.39. The van der Waals surface area contributed by atoms with Gasteiger partial charge in [0.2, 0.25) is 11.8 Å². The predicted octanol–water partition coefficient (Wildman–Crippen LogP) is 4.75. The van der Waals surface area contributed by atoms with Crippen molar-refractivity contribution in [1.29, 1.82) is 0 Å². The van der Waals surface area contributed by atoms with Crippen molar-refractivity contribution in [2.45, 2.75) is 19.3 Å². The Balaban J connectivity index is 1.47. The first-order valence-electron chi connectivity index (χ1n) is 9.60. The number of amides is 2. The van der Waals surface area contributed by atoms with Crippen LogP contribution in [-0.4, -0.2) is 17.8 Å². The van der Waals surface area contributed by atoms with Crippen molar-refractivity contribution >= 4 is 46.7 Å². The molecule has 1 saturated heterocycles. The van der Waals surface area contributed by atoms with Gasteiger partial charge in [0.1, 0.15) is 0 Å². The van der Waals surface area contributed by atoms with Crippen molar-refractivity contribution in [3.8, 4) is 5.75 Å². The highest BCUT2D eigenvalue weighted by Crippen LogP contribution is 2.57. The fourth-order valence-corrected chi connectivity index (χ4v) is 5.67. The second-order valence-electron chi connectivity index (χ2n) is 7.88. The predicted molar refractivity (Wildman–Crippen MR) is 108 cm³/mol. The first kappa shape index (κ1) is 18.6. The highest BCUT2D eigenvalue weighted by Gasteiger charge is 2.61. The van der Waals surface area contributed by atoms with E-state index in [1.54, 1.807) is 30.3 Å². The summed E-state index contributed by atoms with van der Waals surface area (Å²) in [5.41, 5.74) is 0.453. The number of benzene rings is 2. The van der Waals surface area contributed by atoms with Gasteiger partial charge in [-0.1, -0.05) is 35.3 Å². The molecular formula is C22H17Cl2NO4. The van der Waals surface area contributed by atoms with E-state index < -0.39 is 5.97 Å². The highest BCUT2D eigenvalue weighted by atomic mass is 35.5. The monoisotopic (exact) mass is 429 g/mol. The van der Waals surface area contributed by atoms with E-state index in [1.165, 1.54) is 17.0 Å². The van der Waals surface area contributed by atoms with E-state index >= 15 is 0 Å². The molecule has 2 amide bonds. The number of carbonyl (C=O) groups is 3. The van der Waals surface area contributed by atoms with Crippen LogP contribution < -0.4 is 9.64 Å². The van der Waals surface area contributed by atoms with Gasteiger partial charge in [-0.3, -0.25) is 9.59 Å². The molecule has 0 aromatic heterocycles. The normalized spacial score (nSPS) is 27.4. The van der Waals surface area contributed by atoms with Crippen LogP contribution in [0, 0.1) is 23.7 Å². The van der Waals surface area contributed by atoms with Gasteiger partial charge in [-0.2, -0.15) is 0 Å². The summed E-state index contributed by atoms with van der Waals surface area (Å²) < 4.78 is 5.54. The molecule has 3 fully saturated rings. The van der Waals surface area contributed by atoms with Crippen LogP contribution in [-0.2, 0) is 9.59 Å². The Morgan fingerprint density at radius 3 is 2.28 bits per heavy atom. The molecule has 0 N–H and O–H groups in total. The third kappa shape index (κ3) is 2.87. The van der Waals surface area contributed by atoms with Gasteiger partial charge < -0.3 is 4.74 Å². The van der Waals surface area contributed by atoms with E-state index in [-0.39, 0.29) is 51.8 Å². The van der Waals surface area contributed by atoms with Crippen molar-refractivity contribution in [3.05, 3.63) is 58.1 Å². The van der Waals surface area contributed by atoms with E-state index in [0.29, 0.717) is 10.7 Å². The number of para-hydroxylation sites is 2. The quantitative estimate of drug-likeness (QED) is 0.401.